The van der Waals surface area contributed by atoms with Crippen LogP contribution in [0.25, 0.3) is 0 Å². The Labute approximate surface area is 147 Å². The molecule has 0 radical (unpaired) electrons. The maximum absolute atomic E-state index is 13.2. The number of imide groups is 2. The van der Waals surface area contributed by atoms with E-state index in [2.05, 4.69) is 5.32 Å². The highest BCUT2D eigenvalue weighted by Gasteiger charge is 2.42. The third-order valence-corrected chi connectivity index (χ3v) is 4.29. The Morgan fingerprint density at radius 3 is 1.76 bits per heavy atom. The lowest BCUT2D eigenvalue weighted by molar-refractivity contribution is -0.130. The van der Waals surface area contributed by atoms with Crippen molar-refractivity contribution in [2.45, 2.75) is 41.5 Å². The van der Waals surface area contributed by atoms with Crippen LogP contribution in [0.3, 0.4) is 0 Å². The monoisotopic (exact) mass is 344 g/mol. The number of ketones is 1. The van der Waals surface area contributed by atoms with E-state index in [1.807, 2.05) is 41.5 Å². The second kappa shape index (κ2) is 5.79. The third kappa shape index (κ3) is 3.21. The number of hydrogen-bond acceptors (Lipinski definition) is 4. The van der Waals surface area contributed by atoms with Crippen molar-refractivity contribution < 1.29 is 19.2 Å². The van der Waals surface area contributed by atoms with Crippen LogP contribution in [0.15, 0.2) is 34.4 Å². The molecule has 0 atom stereocenters. The van der Waals surface area contributed by atoms with Gasteiger partial charge in [-0.2, -0.15) is 0 Å². The Balaban J connectivity index is 2.80. The molecule has 6 nitrogen and oxygen atoms in total. The number of nitrogens with one attached hydrogen (secondary N) is 1. The third-order valence-electron chi connectivity index (χ3n) is 4.29. The molecular weight excluding hydrogens is 320 g/mol. The van der Waals surface area contributed by atoms with E-state index in [0.717, 1.165) is 4.90 Å². The van der Waals surface area contributed by atoms with Gasteiger partial charge in [-0.1, -0.05) is 53.7 Å². The average molecular weight is 344 g/mol. The first kappa shape index (κ1) is 18.8. The molecule has 1 fully saturated rings. The fourth-order valence-corrected chi connectivity index (χ4v) is 2.87. The number of likely N-dealkylation sites (N-methyl/N-ethyl adjacent to an activating group) is 1. The molecule has 134 valence electrons. The van der Waals surface area contributed by atoms with Gasteiger partial charge in [0.25, 0.3) is 11.8 Å². The van der Waals surface area contributed by atoms with Crippen LogP contribution in [0, 0.1) is 10.8 Å². The van der Waals surface area contributed by atoms with Crippen molar-refractivity contribution in [3.05, 3.63) is 34.4 Å². The van der Waals surface area contributed by atoms with Gasteiger partial charge in [-0.05, 0) is 16.4 Å². The summed E-state index contributed by atoms with van der Waals surface area (Å²) in [4.78, 5) is 50.7. The van der Waals surface area contributed by atoms with Gasteiger partial charge in [0, 0.05) is 18.2 Å². The molecule has 4 amide bonds. The van der Waals surface area contributed by atoms with Crippen molar-refractivity contribution in [2.24, 2.45) is 10.8 Å². The summed E-state index contributed by atoms with van der Waals surface area (Å²) in [5, 5.41) is 2.12. The highest BCUT2D eigenvalue weighted by Crippen LogP contribution is 2.41. The van der Waals surface area contributed by atoms with E-state index in [1.165, 1.54) is 7.05 Å². The molecule has 0 spiro atoms. The Morgan fingerprint density at radius 2 is 1.28 bits per heavy atom. The van der Waals surface area contributed by atoms with Gasteiger partial charge in [0.15, 0.2) is 5.78 Å². The molecule has 0 unspecified atom stereocenters. The summed E-state index contributed by atoms with van der Waals surface area (Å²) in [6.07, 6.45) is 3.55. The molecule has 1 N–H and O–H groups in total. The molecule has 1 aliphatic heterocycles. The molecule has 0 aromatic carbocycles. The van der Waals surface area contributed by atoms with Crippen molar-refractivity contribution in [3.63, 3.8) is 0 Å². The largest absolute Gasteiger partial charge is 0.331 e. The zero-order valence-corrected chi connectivity index (χ0v) is 15.7. The van der Waals surface area contributed by atoms with E-state index >= 15 is 0 Å². The van der Waals surface area contributed by atoms with Gasteiger partial charge in [-0.25, -0.2) is 4.79 Å². The summed E-state index contributed by atoms with van der Waals surface area (Å²) >= 11 is 0. The van der Waals surface area contributed by atoms with Crippen LogP contribution >= 0.6 is 0 Å². The topological polar surface area (TPSA) is 83.6 Å². The van der Waals surface area contributed by atoms with Gasteiger partial charge in [0.2, 0.25) is 0 Å². The quantitative estimate of drug-likeness (QED) is 0.541. The molecule has 6 heteroatoms. The fourth-order valence-electron chi connectivity index (χ4n) is 2.87. The predicted octanol–water partition coefficient (Wildman–Crippen LogP) is 2.52. The lowest BCUT2D eigenvalue weighted by atomic mass is 9.70. The lowest BCUT2D eigenvalue weighted by Gasteiger charge is -2.34. The number of urea groups is 1. The number of barbiturate groups is 1. The number of rotatable bonds is 0. The number of allylic oxidation sites excluding steroid dienone is 5. The van der Waals surface area contributed by atoms with E-state index < -0.39 is 28.7 Å². The molecule has 0 aromatic rings. The Morgan fingerprint density at radius 1 is 0.800 bits per heavy atom. The van der Waals surface area contributed by atoms with Gasteiger partial charge in [0.1, 0.15) is 5.57 Å². The highest BCUT2D eigenvalue weighted by molar-refractivity contribution is 6.33. The number of nitrogens with zero attached hydrogens (tertiary/aromatic N) is 1. The van der Waals surface area contributed by atoms with Crippen LogP contribution in [-0.4, -0.2) is 35.6 Å². The van der Waals surface area contributed by atoms with E-state index in [9.17, 15) is 19.2 Å². The van der Waals surface area contributed by atoms with Gasteiger partial charge in [-0.3, -0.25) is 24.6 Å². The van der Waals surface area contributed by atoms with Crippen LogP contribution in [0.4, 0.5) is 4.79 Å². The second-order valence-corrected chi connectivity index (χ2v) is 8.36. The van der Waals surface area contributed by atoms with Crippen LogP contribution in [0.5, 0.6) is 0 Å². The summed E-state index contributed by atoms with van der Waals surface area (Å²) in [6.45, 7) is 11.4. The molecule has 0 bridgehead atoms. The Hall–Kier alpha value is -2.50. The highest BCUT2D eigenvalue weighted by atomic mass is 16.2. The van der Waals surface area contributed by atoms with Gasteiger partial charge in [0.05, 0.1) is 0 Å². The smallest absolute Gasteiger partial charge is 0.289 e. The molecule has 2 aliphatic rings. The standard InChI is InChI=1S/C19H24N2O4/c1-18(2,3)10-8-9-11(19(4,5)6)14(22)12(10)13-15(23)20-17(25)21(7)16(13)24/h8-9H,1-7H3,(H,20,23,25). The summed E-state index contributed by atoms with van der Waals surface area (Å²) in [7, 11) is 1.28. The Kier molecular flexibility index (Phi) is 4.36. The summed E-state index contributed by atoms with van der Waals surface area (Å²) in [5.41, 5.74) is 0.0248. The van der Waals surface area contributed by atoms with Crippen molar-refractivity contribution >= 4 is 23.6 Å². The number of carbonyl (C=O) groups excluding carboxylic acids is 4. The Bertz CT molecular complexity index is 783. The zero-order chi connectivity index (χ0) is 19.3. The van der Waals surface area contributed by atoms with Crippen LogP contribution in [0.2, 0.25) is 0 Å². The molecule has 0 aromatic heterocycles. The average Bonchev–Trinajstić information content (AvgIpc) is 2.44. The van der Waals surface area contributed by atoms with Crippen LogP contribution in [-0.2, 0) is 14.4 Å². The van der Waals surface area contributed by atoms with E-state index in [-0.39, 0.29) is 16.9 Å². The maximum Gasteiger partial charge on any atom is 0.331 e. The van der Waals surface area contributed by atoms with Crippen molar-refractivity contribution in [1.82, 2.24) is 10.2 Å². The van der Waals surface area contributed by atoms with Gasteiger partial charge < -0.3 is 0 Å². The lowest BCUT2D eigenvalue weighted by Crippen LogP contribution is -2.53. The van der Waals surface area contributed by atoms with Crippen molar-refractivity contribution in [3.8, 4) is 0 Å². The van der Waals surface area contributed by atoms with Gasteiger partial charge in [-0.15, -0.1) is 0 Å². The SMILES string of the molecule is CN1C(=O)NC(=O)C(=C2C(=O)C(C(C)(C)C)=CC=C2C(C)(C)C)C1=O. The molecule has 1 saturated heterocycles. The molecule has 2 rings (SSSR count). The minimum absolute atomic E-state index is 0.0850. The van der Waals surface area contributed by atoms with E-state index in [0.29, 0.717) is 11.1 Å². The zero-order valence-electron chi connectivity index (χ0n) is 15.7. The minimum atomic E-state index is -0.832. The number of carbonyl (C=O) groups is 4. The predicted molar refractivity (Wildman–Crippen MR) is 93.4 cm³/mol. The van der Waals surface area contributed by atoms with Crippen LogP contribution in [0.1, 0.15) is 41.5 Å². The van der Waals surface area contributed by atoms with Crippen LogP contribution < -0.4 is 5.32 Å². The van der Waals surface area contributed by atoms with Crippen molar-refractivity contribution in [1.29, 1.82) is 0 Å². The molecule has 25 heavy (non-hydrogen) atoms. The summed E-state index contributed by atoms with van der Waals surface area (Å²) in [6, 6.07) is -0.796. The minimum Gasteiger partial charge on any atom is -0.289 e. The first-order chi connectivity index (χ1) is 11.3. The summed E-state index contributed by atoms with van der Waals surface area (Å²) < 4.78 is 0. The molecular formula is C19H24N2O4. The maximum atomic E-state index is 13.2. The number of Topliss-reactive ketones (excluding diaryl/α,β-unsaturated/α-hetero) is 1. The fraction of sp³-hybridized carbons (Fsp3) is 0.474. The van der Waals surface area contributed by atoms with E-state index in [1.54, 1.807) is 12.2 Å². The molecule has 1 heterocycles. The van der Waals surface area contributed by atoms with E-state index in [4.69, 9.17) is 0 Å². The first-order valence-corrected chi connectivity index (χ1v) is 8.12. The molecule has 1 aliphatic carbocycles. The number of amides is 4. The summed E-state index contributed by atoms with van der Waals surface area (Å²) in [5.74, 6) is -1.94. The van der Waals surface area contributed by atoms with Crippen molar-refractivity contribution in [2.75, 3.05) is 7.05 Å². The molecule has 0 saturated carbocycles. The first-order valence-electron chi connectivity index (χ1n) is 8.12. The van der Waals surface area contributed by atoms with Gasteiger partial charge >= 0.3 is 6.03 Å². The number of hydrogen-bond donors (Lipinski definition) is 1. The second-order valence-electron chi connectivity index (χ2n) is 8.36. The normalized spacial score (nSPS) is 22.8.